The van der Waals surface area contributed by atoms with Gasteiger partial charge in [0.1, 0.15) is 17.1 Å². The van der Waals surface area contributed by atoms with Crippen LogP contribution in [0.4, 0.5) is 0 Å². The van der Waals surface area contributed by atoms with Gasteiger partial charge in [-0.1, -0.05) is 30.3 Å². The highest BCUT2D eigenvalue weighted by Gasteiger charge is 2.19. The van der Waals surface area contributed by atoms with Crippen molar-refractivity contribution in [3.05, 3.63) is 60.7 Å². The Morgan fingerprint density at radius 2 is 1.94 bits per heavy atom. The Balaban J connectivity index is 1.35. The van der Waals surface area contributed by atoms with Crippen molar-refractivity contribution in [2.75, 3.05) is 32.8 Å². The van der Waals surface area contributed by atoms with E-state index in [0.29, 0.717) is 18.7 Å². The van der Waals surface area contributed by atoms with Gasteiger partial charge in [-0.15, -0.1) is 11.3 Å². The van der Waals surface area contributed by atoms with Crippen LogP contribution in [-0.4, -0.2) is 68.7 Å². The Kier molecular flexibility index (Phi) is 6.61. The summed E-state index contributed by atoms with van der Waals surface area (Å²) in [4.78, 5) is 29.5. The molecule has 5 rings (SSSR count). The van der Waals surface area contributed by atoms with Gasteiger partial charge in [0.05, 0.1) is 23.8 Å². The van der Waals surface area contributed by atoms with Crippen molar-refractivity contribution in [3.8, 4) is 32.5 Å². The lowest BCUT2D eigenvalue weighted by Crippen LogP contribution is -2.37. The maximum atomic E-state index is 12.6. The van der Waals surface area contributed by atoms with Crippen LogP contribution >= 0.6 is 11.3 Å². The highest BCUT2D eigenvalue weighted by atomic mass is 32.1. The third-order valence-corrected chi connectivity index (χ3v) is 6.67. The van der Waals surface area contributed by atoms with Gasteiger partial charge < -0.3 is 4.74 Å². The second-order valence-corrected chi connectivity index (χ2v) is 8.85. The molecule has 8 nitrogen and oxygen atoms in total. The minimum atomic E-state index is 0.192. The molecule has 1 fully saturated rings. The first-order chi connectivity index (χ1) is 16.3. The minimum Gasteiger partial charge on any atom is -0.379 e. The van der Waals surface area contributed by atoms with E-state index in [4.69, 9.17) is 9.72 Å². The van der Waals surface area contributed by atoms with Gasteiger partial charge in [-0.25, -0.2) is 9.97 Å². The molecule has 1 aliphatic heterocycles. The summed E-state index contributed by atoms with van der Waals surface area (Å²) in [6.07, 6.45) is 4.09. The molecule has 1 N–H and O–H groups in total. The maximum Gasteiger partial charge on any atom is 0.167 e. The fourth-order valence-corrected chi connectivity index (χ4v) is 4.85. The number of morpholine rings is 1. The number of hydrogen-bond donors (Lipinski definition) is 1. The van der Waals surface area contributed by atoms with Crippen LogP contribution in [-0.2, 0) is 16.0 Å². The number of hydrogen-bond acceptors (Lipinski definition) is 8. The molecular weight excluding hydrogens is 436 g/mol. The summed E-state index contributed by atoms with van der Waals surface area (Å²) in [5, 5.41) is 7.80. The molecule has 0 saturated carbocycles. The van der Waals surface area contributed by atoms with Crippen molar-refractivity contribution in [2.24, 2.45) is 0 Å². The van der Waals surface area contributed by atoms with Crippen LogP contribution in [0.5, 0.6) is 0 Å². The van der Waals surface area contributed by atoms with Crippen molar-refractivity contribution >= 4 is 17.1 Å². The molecule has 0 unspecified atom stereocenters. The van der Waals surface area contributed by atoms with Gasteiger partial charge >= 0.3 is 0 Å². The SMILES string of the molecule is O=C(CCN1CCOCC1)Cc1cc(-c2nc(-c3ccccc3)c(-c3ncn[nH]3)s2)ccn1. The summed E-state index contributed by atoms with van der Waals surface area (Å²) < 4.78 is 5.37. The zero-order chi connectivity index (χ0) is 22.5. The number of pyridine rings is 1. The standard InChI is InChI=1S/C24H24N6O2S/c31-20(7-9-30-10-12-32-13-11-30)15-19-14-18(6-8-25-19)24-28-21(17-4-2-1-3-5-17)22(33-24)23-26-16-27-29-23/h1-6,8,14,16H,7,9-13,15H2,(H,26,27,29). The summed E-state index contributed by atoms with van der Waals surface area (Å²) in [7, 11) is 0. The van der Waals surface area contributed by atoms with Gasteiger partial charge in [0, 0.05) is 55.5 Å². The molecule has 33 heavy (non-hydrogen) atoms. The van der Waals surface area contributed by atoms with Gasteiger partial charge in [-0.2, -0.15) is 5.10 Å². The smallest absolute Gasteiger partial charge is 0.167 e. The topological polar surface area (TPSA) is 96.9 Å². The molecule has 9 heteroatoms. The third-order valence-electron chi connectivity index (χ3n) is 5.56. The highest BCUT2D eigenvalue weighted by Crippen LogP contribution is 2.39. The Labute approximate surface area is 195 Å². The zero-order valence-corrected chi connectivity index (χ0v) is 18.9. The molecule has 4 aromatic rings. The fourth-order valence-electron chi connectivity index (χ4n) is 3.82. The van der Waals surface area contributed by atoms with Crippen molar-refractivity contribution < 1.29 is 9.53 Å². The summed E-state index contributed by atoms with van der Waals surface area (Å²) in [5.74, 6) is 0.878. The van der Waals surface area contributed by atoms with Gasteiger partial charge in [0.15, 0.2) is 5.82 Å². The Hall–Kier alpha value is -3.27. The first kappa shape index (κ1) is 21.6. The lowest BCUT2D eigenvalue weighted by molar-refractivity contribution is -0.119. The number of nitrogens with one attached hydrogen (secondary N) is 1. The van der Waals surface area contributed by atoms with Crippen molar-refractivity contribution in [2.45, 2.75) is 12.8 Å². The lowest BCUT2D eigenvalue weighted by atomic mass is 10.1. The molecule has 1 saturated heterocycles. The monoisotopic (exact) mass is 460 g/mol. The van der Waals surface area contributed by atoms with Crippen LogP contribution < -0.4 is 0 Å². The average Bonchev–Trinajstić information content (AvgIpc) is 3.54. The molecule has 0 aliphatic carbocycles. The summed E-state index contributed by atoms with van der Waals surface area (Å²) in [6, 6.07) is 13.9. The average molecular weight is 461 g/mol. The van der Waals surface area contributed by atoms with E-state index in [-0.39, 0.29) is 5.78 Å². The second-order valence-electron chi connectivity index (χ2n) is 7.85. The van der Waals surface area contributed by atoms with E-state index >= 15 is 0 Å². The largest absolute Gasteiger partial charge is 0.379 e. The number of carbonyl (C=O) groups excluding carboxylic acids is 1. The number of ketones is 1. The molecule has 4 heterocycles. The van der Waals surface area contributed by atoms with Gasteiger partial charge in [0.25, 0.3) is 0 Å². The molecule has 0 bridgehead atoms. The van der Waals surface area contributed by atoms with Crippen LogP contribution in [0.2, 0.25) is 0 Å². The predicted octanol–water partition coefficient (Wildman–Crippen LogP) is 3.49. The summed E-state index contributed by atoms with van der Waals surface area (Å²) >= 11 is 1.55. The first-order valence-electron chi connectivity index (χ1n) is 11.0. The molecule has 0 radical (unpaired) electrons. The van der Waals surface area contributed by atoms with E-state index in [0.717, 1.165) is 65.2 Å². The number of ether oxygens (including phenoxy) is 1. The van der Waals surface area contributed by atoms with Gasteiger partial charge in [-0.05, 0) is 12.1 Å². The number of nitrogens with zero attached hydrogens (tertiary/aromatic N) is 5. The minimum absolute atomic E-state index is 0.192. The molecule has 1 aromatic carbocycles. The van der Waals surface area contributed by atoms with E-state index in [9.17, 15) is 4.79 Å². The quantitative estimate of drug-likeness (QED) is 0.430. The molecule has 168 valence electrons. The third kappa shape index (κ3) is 5.22. The molecule has 0 amide bonds. The fraction of sp³-hybridized carbons (Fsp3) is 0.292. The normalized spacial score (nSPS) is 14.4. The number of thiazole rings is 1. The first-order valence-corrected chi connectivity index (χ1v) is 11.8. The summed E-state index contributed by atoms with van der Waals surface area (Å²) in [5.41, 5.74) is 3.57. The van der Waals surface area contributed by atoms with Crippen LogP contribution in [0.15, 0.2) is 55.0 Å². The number of carbonyl (C=O) groups is 1. The zero-order valence-electron chi connectivity index (χ0n) is 18.1. The Bertz CT molecular complexity index is 1200. The maximum absolute atomic E-state index is 12.6. The molecular formula is C24H24N6O2S. The van der Waals surface area contributed by atoms with Crippen LogP contribution in [0.3, 0.4) is 0 Å². The number of benzene rings is 1. The van der Waals surface area contributed by atoms with Crippen molar-refractivity contribution in [1.29, 1.82) is 0 Å². The number of Topliss-reactive ketones (excluding diaryl/α,β-unsaturated/α-hetero) is 1. The van der Waals surface area contributed by atoms with E-state index in [1.807, 2.05) is 42.5 Å². The van der Waals surface area contributed by atoms with Crippen molar-refractivity contribution in [1.82, 2.24) is 30.0 Å². The molecule has 1 aliphatic rings. The molecule has 0 atom stereocenters. The summed E-state index contributed by atoms with van der Waals surface area (Å²) in [6.45, 7) is 4.04. The lowest BCUT2D eigenvalue weighted by Gasteiger charge is -2.26. The number of rotatable bonds is 8. The van der Waals surface area contributed by atoms with Gasteiger partial charge in [0.2, 0.25) is 0 Å². The van der Waals surface area contributed by atoms with Gasteiger partial charge in [-0.3, -0.25) is 19.8 Å². The van der Waals surface area contributed by atoms with Crippen molar-refractivity contribution in [3.63, 3.8) is 0 Å². The van der Waals surface area contributed by atoms with E-state index in [1.54, 1.807) is 17.5 Å². The number of H-pyrrole nitrogens is 1. The van der Waals surface area contributed by atoms with Crippen LogP contribution in [0, 0.1) is 0 Å². The van der Waals surface area contributed by atoms with Crippen LogP contribution in [0.25, 0.3) is 32.5 Å². The second kappa shape index (κ2) is 10.1. The molecule has 3 aromatic heterocycles. The Morgan fingerprint density at radius 1 is 1.09 bits per heavy atom. The van der Waals surface area contributed by atoms with E-state index in [1.165, 1.54) is 6.33 Å². The molecule has 0 spiro atoms. The Morgan fingerprint density at radius 3 is 2.73 bits per heavy atom. The van der Waals surface area contributed by atoms with E-state index in [2.05, 4.69) is 25.1 Å². The highest BCUT2D eigenvalue weighted by molar-refractivity contribution is 7.18. The number of aromatic amines is 1. The van der Waals surface area contributed by atoms with Crippen LogP contribution in [0.1, 0.15) is 12.1 Å². The number of aromatic nitrogens is 5. The predicted molar refractivity (Wildman–Crippen MR) is 127 cm³/mol. The van der Waals surface area contributed by atoms with E-state index < -0.39 is 0 Å².